The fraction of sp³-hybridized carbons (Fsp3) is 0.278. The standard InChI is InChI=1S/C18H20N4O3/c1-12-21-17(25-22-12)9-10-19-18(23)20-11-15-14-6-4-3-5-13(14)7-8-16(15)24-2/h3-8H,9-11H2,1-2H3,(H2,19,20,23). The maximum Gasteiger partial charge on any atom is 0.315 e. The van der Waals surface area contributed by atoms with Gasteiger partial charge >= 0.3 is 6.03 Å². The zero-order chi connectivity index (χ0) is 17.6. The zero-order valence-electron chi connectivity index (χ0n) is 14.2. The molecule has 3 rings (SSSR count). The number of aromatic nitrogens is 2. The fourth-order valence-corrected chi connectivity index (χ4v) is 2.65. The molecular formula is C18H20N4O3. The Bertz CT molecular complexity index is 876. The maximum absolute atomic E-state index is 12.0. The number of urea groups is 1. The molecule has 0 aliphatic carbocycles. The summed E-state index contributed by atoms with van der Waals surface area (Å²) in [4.78, 5) is 16.1. The van der Waals surface area contributed by atoms with Gasteiger partial charge in [0.15, 0.2) is 5.82 Å². The highest BCUT2D eigenvalue weighted by Gasteiger charge is 2.10. The van der Waals surface area contributed by atoms with E-state index in [1.54, 1.807) is 14.0 Å². The number of carbonyl (C=O) groups excluding carboxylic acids is 1. The van der Waals surface area contributed by atoms with Crippen LogP contribution in [0, 0.1) is 6.92 Å². The van der Waals surface area contributed by atoms with Gasteiger partial charge in [0, 0.05) is 25.1 Å². The number of benzene rings is 2. The van der Waals surface area contributed by atoms with Crippen molar-refractivity contribution in [2.45, 2.75) is 19.9 Å². The summed E-state index contributed by atoms with van der Waals surface area (Å²) >= 11 is 0. The summed E-state index contributed by atoms with van der Waals surface area (Å²) in [5, 5.41) is 11.5. The molecule has 7 heteroatoms. The van der Waals surface area contributed by atoms with E-state index in [9.17, 15) is 4.79 Å². The molecule has 2 amide bonds. The molecule has 0 aliphatic rings. The van der Waals surface area contributed by atoms with Crippen LogP contribution in [-0.2, 0) is 13.0 Å². The second-order valence-corrected chi connectivity index (χ2v) is 5.56. The quantitative estimate of drug-likeness (QED) is 0.720. The molecule has 25 heavy (non-hydrogen) atoms. The normalized spacial score (nSPS) is 10.6. The van der Waals surface area contributed by atoms with Crippen LogP contribution in [0.3, 0.4) is 0 Å². The molecule has 0 radical (unpaired) electrons. The summed E-state index contributed by atoms with van der Waals surface area (Å²) in [5.41, 5.74) is 0.947. The molecule has 0 bridgehead atoms. The lowest BCUT2D eigenvalue weighted by atomic mass is 10.0. The van der Waals surface area contributed by atoms with Gasteiger partial charge in [0.25, 0.3) is 0 Å². The molecule has 0 spiro atoms. The molecule has 130 valence electrons. The van der Waals surface area contributed by atoms with Crippen LogP contribution in [0.4, 0.5) is 4.79 Å². The number of nitrogens with one attached hydrogen (secondary N) is 2. The number of nitrogens with zero attached hydrogens (tertiary/aromatic N) is 2. The SMILES string of the molecule is COc1ccc2ccccc2c1CNC(=O)NCCc1nc(C)no1. The molecule has 1 aromatic heterocycles. The minimum atomic E-state index is -0.258. The molecule has 2 N–H and O–H groups in total. The van der Waals surface area contributed by atoms with Crippen molar-refractivity contribution in [1.82, 2.24) is 20.8 Å². The van der Waals surface area contributed by atoms with Crippen LogP contribution in [-0.4, -0.2) is 29.8 Å². The lowest BCUT2D eigenvalue weighted by molar-refractivity contribution is 0.240. The highest BCUT2D eigenvalue weighted by atomic mass is 16.5. The van der Waals surface area contributed by atoms with E-state index in [0.29, 0.717) is 31.2 Å². The van der Waals surface area contributed by atoms with Crippen molar-refractivity contribution in [2.75, 3.05) is 13.7 Å². The fourth-order valence-electron chi connectivity index (χ4n) is 2.65. The van der Waals surface area contributed by atoms with E-state index in [2.05, 4.69) is 20.8 Å². The Kier molecular flexibility index (Phi) is 5.13. The number of carbonyl (C=O) groups is 1. The molecule has 2 aromatic carbocycles. The molecule has 0 unspecified atom stereocenters. The Labute approximate surface area is 145 Å². The van der Waals surface area contributed by atoms with Crippen LogP contribution in [0.1, 0.15) is 17.3 Å². The number of methoxy groups -OCH3 is 1. The van der Waals surface area contributed by atoms with Crippen LogP contribution in [0.25, 0.3) is 10.8 Å². The number of rotatable bonds is 6. The molecule has 0 fully saturated rings. The highest BCUT2D eigenvalue weighted by molar-refractivity contribution is 5.88. The molecule has 7 nitrogen and oxygen atoms in total. The van der Waals surface area contributed by atoms with Crippen LogP contribution in [0.2, 0.25) is 0 Å². The first kappa shape index (κ1) is 16.8. The van der Waals surface area contributed by atoms with Crippen molar-refractivity contribution in [2.24, 2.45) is 0 Å². The lowest BCUT2D eigenvalue weighted by Gasteiger charge is -2.13. The topological polar surface area (TPSA) is 89.3 Å². The largest absolute Gasteiger partial charge is 0.496 e. The molecule has 0 atom stereocenters. The highest BCUT2D eigenvalue weighted by Crippen LogP contribution is 2.27. The van der Waals surface area contributed by atoms with Crippen molar-refractivity contribution in [3.63, 3.8) is 0 Å². The Morgan fingerprint density at radius 1 is 1.20 bits per heavy atom. The summed E-state index contributed by atoms with van der Waals surface area (Å²) in [6.07, 6.45) is 0.492. The van der Waals surface area contributed by atoms with E-state index in [0.717, 1.165) is 22.1 Å². The Morgan fingerprint density at radius 3 is 2.80 bits per heavy atom. The van der Waals surface area contributed by atoms with Gasteiger partial charge in [-0.2, -0.15) is 4.98 Å². The first-order valence-electron chi connectivity index (χ1n) is 8.03. The third kappa shape index (κ3) is 4.06. The number of hydrogen-bond donors (Lipinski definition) is 2. The van der Waals surface area contributed by atoms with Crippen LogP contribution >= 0.6 is 0 Å². The Hall–Kier alpha value is -3.09. The van der Waals surface area contributed by atoms with Crippen molar-refractivity contribution < 1.29 is 14.1 Å². The summed E-state index contributed by atoms with van der Waals surface area (Å²) in [6, 6.07) is 11.7. The third-order valence-electron chi connectivity index (χ3n) is 3.84. The Balaban J connectivity index is 1.59. The average molecular weight is 340 g/mol. The van der Waals surface area contributed by atoms with Gasteiger partial charge in [-0.15, -0.1) is 0 Å². The third-order valence-corrected chi connectivity index (χ3v) is 3.84. The first-order chi connectivity index (χ1) is 12.2. The smallest absolute Gasteiger partial charge is 0.315 e. The number of amides is 2. The second-order valence-electron chi connectivity index (χ2n) is 5.56. The molecular weight excluding hydrogens is 320 g/mol. The average Bonchev–Trinajstić information content (AvgIpc) is 3.04. The van der Waals surface area contributed by atoms with Gasteiger partial charge in [0.2, 0.25) is 5.89 Å². The summed E-state index contributed by atoms with van der Waals surface area (Å²) in [5.74, 6) is 1.84. The molecule has 0 saturated carbocycles. The second kappa shape index (κ2) is 7.65. The molecule has 3 aromatic rings. The first-order valence-corrected chi connectivity index (χ1v) is 8.03. The molecule has 1 heterocycles. The molecule has 0 aliphatic heterocycles. The van der Waals surface area contributed by atoms with Crippen molar-refractivity contribution >= 4 is 16.8 Å². The van der Waals surface area contributed by atoms with Crippen LogP contribution < -0.4 is 15.4 Å². The lowest BCUT2D eigenvalue weighted by Crippen LogP contribution is -2.36. The van der Waals surface area contributed by atoms with Crippen molar-refractivity contribution in [1.29, 1.82) is 0 Å². The van der Waals surface area contributed by atoms with E-state index in [4.69, 9.17) is 9.26 Å². The minimum Gasteiger partial charge on any atom is -0.496 e. The monoisotopic (exact) mass is 340 g/mol. The summed E-state index contributed by atoms with van der Waals surface area (Å²) < 4.78 is 10.4. The van der Waals surface area contributed by atoms with Gasteiger partial charge in [-0.1, -0.05) is 35.5 Å². The number of hydrogen-bond acceptors (Lipinski definition) is 5. The summed E-state index contributed by atoms with van der Waals surface area (Å²) in [7, 11) is 1.63. The van der Waals surface area contributed by atoms with Crippen LogP contribution in [0.15, 0.2) is 40.9 Å². The van der Waals surface area contributed by atoms with E-state index in [1.165, 1.54) is 0 Å². The molecule has 0 saturated heterocycles. The Morgan fingerprint density at radius 2 is 2.04 bits per heavy atom. The van der Waals surface area contributed by atoms with E-state index in [1.807, 2.05) is 36.4 Å². The van der Waals surface area contributed by atoms with Gasteiger partial charge in [0.1, 0.15) is 5.75 Å². The minimum absolute atomic E-state index is 0.258. The predicted molar refractivity (Wildman–Crippen MR) is 93.5 cm³/mol. The zero-order valence-corrected chi connectivity index (χ0v) is 14.2. The van der Waals surface area contributed by atoms with Gasteiger partial charge in [-0.05, 0) is 23.8 Å². The van der Waals surface area contributed by atoms with Gasteiger partial charge < -0.3 is 19.9 Å². The maximum atomic E-state index is 12.0. The summed E-state index contributed by atoms with van der Waals surface area (Å²) in [6.45, 7) is 2.54. The van der Waals surface area contributed by atoms with E-state index < -0.39 is 0 Å². The van der Waals surface area contributed by atoms with Gasteiger partial charge in [-0.25, -0.2) is 4.79 Å². The van der Waals surface area contributed by atoms with Gasteiger partial charge in [-0.3, -0.25) is 0 Å². The van der Waals surface area contributed by atoms with Crippen LogP contribution in [0.5, 0.6) is 5.75 Å². The number of fused-ring (bicyclic) bond motifs is 1. The van der Waals surface area contributed by atoms with Gasteiger partial charge in [0.05, 0.1) is 7.11 Å². The predicted octanol–water partition coefficient (Wildman–Crippen LogP) is 2.58. The van der Waals surface area contributed by atoms with Crippen molar-refractivity contribution in [3.8, 4) is 5.75 Å². The number of aryl methyl sites for hydroxylation is 1. The van der Waals surface area contributed by atoms with E-state index >= 15 is 0 Å². The van der Waals surface area contributed by atoms with E-state index in [-0.39, 0.29) is 6.03 Å². The number of ether oxygens (including phenoxy) is 1. The van der Waals surface area contributed by atoms with Crippen molar-refractivity contribution in [3.05, 3.63) is 53.7 Å².